The van der Waals surface area contributed by atoms with Gasteiger partial charge in [-0.3, -0.25) is 0 Å². The first-order valence-corrected chi connectivity index (χ1v) is 6.55. The van der Waals surface area contributed by atoms with Crippen LogP contribution in [0, 0.1) is 0 Å². The zero-order valence-corrected chi connectivity index (χ0v) is 11.1. The maximum absolute atomic E-state index is 12.1. The highest BCUT2D eigenvalue weighted by molar-refractivity contribution is 9.10. The van der Waals surface area contributed by atoms with E-state index in [9.17, 15) is 13.2 Å². The van der Waals surface area contributed by atoms with Gasteiger partial charge in [0.2, 0.25) is 0 Å². The number of anilines is 1. The molecule has 0 unspecified atom stereocenters. The van der Waals surface area contributed by atoms with Crippen molar-refractivity contribution in [3.63, 3.8) is 0 Å². The van der Waals surface area contributed by atoms with E-state index >= 15 is 0 Å². The summed E-state index contributed by atoms with van der Waals surface area (Å²) in [4.78, 5) is 0. The summed E-state index contributed by atoms with van der Waals surface area (Å²) in [5, 5.41) is 3.24. The van der Waals surface area contributed by atoms with Gasteiger partial charge < -0.3 is 10.1 Å². The van der Waals surface area contributed by atoms with Crippen LogP contribution in [-0.2, 0) is 0 Å². The van der Waals surface area contributed by atoms with E-state index in [0.717, 1.165) is 30.2 Å². The Morgan fingerprint density at radius 2 is 1.89 bits per heavy atom. The molecule has 0 aromatic heterocycles. The van der Waals surface area contributed by atoms with Gasteiger partial charge in [-0.2, -0.15) is 0 Å². The zero-order valence-electron chi connectivity index (χ0n) is 9.56. The standard InChI is InChI=1S/C12H13BrF3NO/c13-10-6-5-9(18-12(14,15)16)7-11(10)17-8-3-1-2-4-8/h5-8,17H,1-4H2. The Hall–Kier alpha value is -0.910. The molecule has 1 fully saturated rings. The van der Waals surface area contributed by atoms with E-state index in [0.29, 0.717) is 11.7 Å². The molecule has 0 radical (unpaired) electrons. The van der Waals surface area contributed by atoms with Gasteiger partial charge in [-0.25, -0.2) is 0 Å². The first-order chi connectivity index (χ1) is 8.44. The molecule has 0 heterocycles. The van der Waals surface area contributed by atoms with Crippen molar-refractivity contribution in [2.75, 3.05) is 5.32 Å². The van der Waals surface area contributed by atoms with Crippen LogP contribution in [0.5, 0.6) is 5.75 Å². The van der Waals surface area contributed by atoms with Gasteiger partial charge in [-0.15, -0.1) is 13.2 Å². The Morgan fingerprint density at radius 3 is 2.50 bits per heavy atom. The van der Waals surface area contributed by atoms with Gasteiger partial charge in [0.1, 0.15) is 5.75 Å². The van der Waals surface area contributed by atoms with Gasteiger partial charge in [-0.05, 0) is 40.9 Å². The van der Waals surface area contributed by atoms with Crippen LogP contribution >= 0.6 is 15.9 Å². The quantitative estimate of drug-likeness (QED) is 0.870. The van der Waals surface area contributed by atoms with E-state index in [4.69, 9.17) is 0 Å². The molecule has 100 valence electrons. The number of halogens is 4. The molecule has 0 saturated heterocycles. The minimum Gasteiger partial charge on any atom is -0.406 e. The second-order valence-corrected chi connectivity index (χ2v) is 5.17. The van der Waals surface area contributed by atoms with Gasteiger partial charge in [0.25, 0.3) is 0 Å². The number of ether oxygens (including phenoxy) is 1. The van der Waals surface area contributed by atoms with Crippen molar-refractivity contribution in [3.05, 3.63) is 22.7 Å². The third-order valence-electron chi connectivity index (χ3n) is 2.89. The number of alkyl halides is 3. The van der Waals surface area contributed by atoms with Gasteiger partial charge in [0.15, 0.2) is 0 Å². The van der Waals surface area contributed by atoms with E-state index in [1.54, 1.807) is 6.07 Å². The largest absolute Gasteiger partial charge is 0.573 e. The lowest BCUT2D eigenvalue weighted by molar-refractivity contribution is -0.274. The number of hydrogen-bond donors (Lipinski definition) is 1. The highest BCUT2D eigenvalue weighted by Crippen LogP contribution is 2.32. The molecule has 1 aliphatic rings. The zero-order chi connectivity index (χ0) is 13.2. The summed E-state index contributed by atoms with van der Waals surface area (Å²) in [5.41, 5.74) is 0.642. The molecule has 1 saturated carbocycles. The predicted molar refractivity (Wildman–Crippen MR) is 66.7 cm³/mol. The molecule has 2 nitrogen and oxygen atoms in total. The van der Waals surface area contributed by atoms with Crippen LogP contribution in [0.3, 0.4) is 0 Å². The molecule has 0 amide bonds. The molecule has 0 aliphatic heterocycles. The normalized spacial score (nSPS) is 16.9. The summed E-state index contributed by atoms with van der Waals surface area (Å²) in [6.45, 7) is 0. The Kier molecular flexibility index (Phi) is 4.04. The fourth-order valence-electron chi connectivity index (χ4n) is 2.10. The average molecular weight is 324 g/mol. The molecule has 1 N–H and O–H groups in total. The van der Waals surface area contributed by atoms with Gasteiger partial charge >= 0.3 is 6.36 Å². The Labute approximate surface area is 112 Å². The number of hydrogen-bond acceptors (Lipinski definition) is 2. The molecular formula is C12H13BrF3NO. The summed E-state index contributed by atoms with van der Waals surface area (Å²) in [7, 11) is 0. The van der Waals surface area contributed by atoms with E-state index < -0.39 is 6.36 Å². The van der Waals surface area contributed by atoms with Crippen molar-refractivity contribution in [1.82, 2.24) is 0 Å². The second-order valence-electron chi connectivity index (χ2n) is 4.32. The third-order valence-corrected chi connectivity index (χ3v) is 3.58. The van der Waals surface area contributed by atoms with Crippen molar-refractivity contribution in [2.45, 2.75) is 38.1 Å². The van der Waals surface area contributed by atoms with E-state index in [1.165, 1.54) is 12.1 Å². The Morgan fingerprint density at radius 1 is 1.22 bits per heavy atom. The maximum atomic E-state index is 12.1. The SMILES string of the molecule is FC(F)(F)Oc1ccc(Br)c(NC2CCCC2)c1. The molecule has 2 rings (SSSR count). The van der Waals surface area contributed by atoms with Crippen LogP contribution in [0.4, 0.5) is 18.9 Å². The lowest BCUT2D eigenvalue weighted by Gasteiger charge is -2.16. The molecule has 0 spiro atoms. The topological polar surface area (TPSA) is 21.3 Å². The number of benzene rings is 1. The van der Waals surface area contributed by atoms with Gasteiger partial charge in [-0.1, -0.05) is 12.8 Å². The Balaban J connectivity index is 2.10. The fraction of sp³-hybridized carbons (Fsp3) is 0.500. The van der Waals surface area contributed by atoms with Crippen LogP contribution in [0.25, 0.3) is 0 Å². The first kappa shape index (κ1) is 13.5. The van der Waals surface area contributed by atoms with Crippen LogP contribution in [0.1, 0.15) is 25.7 Å². The van der Waals surface area contributed by atoms with Crippen LogP contribution in [0.15, 0.2) is 22.7 Å². The lowest BCUT2D eigenvalue weighted by Crippen LogP contribution is -2.18. The molecule has 0 atom stereocenters. The first-order valence-electron chi connectivity index (χ1n) is 5.76. The fourth-order valence-corrected chi connectivity index (χ4v) is 2.46. The highest BCUT2D eigenvalue weighted by atomic mass is 79.9. The van der Waals surface area contributed by atoms with Crippen molar-refractivity contribution in [2.24, 2.45) is 0 Å². The summed E-state index contributed by atoms with van der Waals surface area (Å²) in [6, 6.07) is 4.55. The Bertz CT molecular complexity index is 416. The average Bonchev–Trinajstić information content (AvgIpc) is 2.73. The highest BCUT2D eigenvalue weighted by Gasteiger charge is 2.31. The molecule has 1 aliphatic carbocycles. The van der Waals surface area contributed by atoms with Gasteiger partial charge in [0, 0.05) is 16.6 Å². The monoisotopic (exact) mass is 323 g/mol. The number of nitrogens with one attached hydrogen (secondary N) is 1. The number of rotatable bonds is 3. The molecule has 18 heavy (non-hydrogen) atoms. The van der Waals surface area contributed by atoms with E-state index in [1.807, 2.05) is 0 Å². The van der Waals surface area contributed by atoms with Crippen molar-refractivity contribution < 1.29 is 17.9 Å². The third kappa shape index (κ3) is 3.80. The minimum absolute atomic E-state index is 0.203. The smallest absolute Gasteiger partial charge is 0.406 e. The second kappa shape index (κ2) is 5.38. The summed E-state index contributed by atoms with van der Waals surface area (Å²) < 4.78 is 41.0. The predicted octanol–water partition coefficient (Wildman–Crippen LogP) is 4.70. The summed E-state index contributed by atoms with van der Waals surface area (Å²) >= 11 is 3.32. The van der Waals surface area contributed by atoms with E-state index in [2.05, 4.69) is 26.0 Å². The summed E-state index contributed by atoms with van der Waals surface area (Å²) in [5.74, 6) is -0.203. The van der Waals surface area contributed by atoms with Crippen LogP contribution < -0.4 is 10.1 Å². The minimum atomic E-state index is -4.65. The molecule has 1 aromatic carbocycles. The van der Waals surface area contributed by atoms with Crippen LogP contribution in [0.2, 0.25) is 0 Å². The van der Waals surface area contributed by atoms with Gasteiger partial charge in [0.05, 0.1) is 5.69 Å². The van der Waals surface area contributed by atoms with Crippen LogP contribution in [-0.4, -0.2) is 12.4 Å². The molecule has 0 bridgehead atoms. The summed E-state index contributed by atoms with van der Waals surface area (Å²) in [6.07, 6.45) is -0.228. The maximum Gasteiger partial charge on any atom is 0.573 e. The molecule has 1 aromatic rings. The van der Waals surface area contributed by atoms with Crippen molar-refractivity contribution in [3.8, 4) is 5.75 Å². The lowest BCUT2D eigenvalue weighted by atomic mass is 10.2. The molecule has 6 heteroatoms. The van der Waals surface area contributed by atoms with E-state index in [-0.39, 0.29) is 5.75 Å². The molecular weight excluding hydrogens is 311 g/mol. The van der Waals surface area contributed by atoms with Crippen molar-refractivity contribution in [1.29, 1.82) is 0 Å². The van der Waals surface area contributed by atoms with Crippen molar-refractivity contribution >= 4 is 21.6 Å².